The molecule has 182 valence electrons. The number of aromatic amines is 1. The minimum atomic E-state index is -0.912. The van der Waals surface area contributed by atoms with Crippen LogP contribution in [0.4, 0.5) is 0 Å². The molecule has 35 heavy (non-hydrogen) atoms. The van der Waals surface area contributed by atoms with E-state index < -0.39 is 12.0 Å². The van der Waals surface area contributed by atoms with Crippen molar-refractivity contribution in [3.63, 3.8) is 0 Å². The summed E-state index contributed by atoms with van der Waals surface area (Å²) in [6.07, 6.45) is 2.22. The lowest BCUT2D eigenvalue weighted by Gasteiger charge is -2.18. The van der Waals surface area contributed by atoms with Crippen molar-refractivity contribution >= 4 is 28.5 Å². The van der Waals surface area contributed by atoms with E-state index in [9.17, 15) is 9.90 Å². The minimum Gasteiger partial charge on any atom is -0.490 e. The number of halogens is 1. The van der Waals surface area contributed by atoms with E-state index in [-0.39, 0.29) is 0 Å². The summed E-state index contributed by atoms with van der Waals surface area (Å²) in [7, 11) is 0. The fraction of sp³-hybridized carbons (Fsp3) is 0.250. The van der Waals surface area contributed by atoms with Crippen molar-refractivity contribution in [3.05, 3.63) is 94.1 Å². The number of aryl methyl sites for hydroxylation is 1. The first kappa shape index (κ1) is 24.6. The fourth-order valence-electron chi connectivity index (χ4n) is 4.06. The Balaban J connectivity index is 1.48. The normalized spacial score (nSPS) is 12.0. The van der Waals surface area contributed by atoms with Gasteiger partial charge in [0.15, 0.2) is 11.5 Å². The van der Waals surface area contributed by atoms with Crippen LogP contribution < -0.4 is 14.8 Å². The number of benzene rings is 3. The van der Waals surface area contributed by atoms with Crippen LogP contribution in [0.1, 0.15) is 29.2 Å². The molecule has 1 aromatic heterocycles. The summed E-state index contributed by atoms with van der Waals surface area (Å²) in [4.78, 5) is 15.2. The van der Waals surface area contributed by atoms with E-state index in [2.05, 4.69) is 10.3 Å². The van der Waals surface area contributed by atoms with E-state index in [0.717, 1.165) is 33.2 Å². The van der Waals surface area contributed by atoms with Crippen LogP contribution in [0.3, 0.4) is 0 Å². The standard InChI is InChI=1S/C28H29ClN2O4/c1-3-34-26-13-19(12-23(29)27(26)35-17-20-9-5-4-8-18(20)2)15-30-25(28(32)33)14-21-16-31-24-11-7-6-10-22(21)24/h4-13,16,25,30-31H,3,14-15,17H2,1-2H3,(H,32,33)/t25-/m1/s1. The zero-order valence-corrected chi connectivity index (χ0v) is 20.6. The van der Waals surface area contributed by atoms with E-state index in [0.29, 0.717) is 42.7 Å². The van der Waals surface area contributed by atoms with Crippen molar-refractivity contribution < 1.29 is 19.4 Å². The summed E-state index contributed by atoms with van der Waals surface area (Å²) in [5, 5.41) is 14.4. The molecule has 0 fully saturated rings. The number of hydrogen-bond acceptors (Lipinski definition) is 4. The molecule has 0 bridgehead atoms. The SMILES string of the molecule is CCOc1cc(CN[C@H](Cc2c[nH]c3ccccc23)C(=O)O)cc(Cl)c1OCc1ccccc1C. The number of nitrogens with one attached hydrogen (secondary N) is 2. The molecule has 0 radical (unpaired) electrons. The van der Waals surface area contributed by atoms with Crippen molar-refractivity contribution in [1.29, 1.82) is 0 Å². The molecular formula is C28H29ClN2O4. The third-order valence-electron chi connectivity index (χ3n) is 5.95. The molecule has 0 spiro atoms. The van der Waals surface area contributed by atoms with Crippen LogP contribution in [0.5, 0.6) is 11.5 Å². The minimum absolute atomic E-state index is 0.317. The number of aliphatic carboxylic acids is 1. The molecule has 0 unspecified atom stereocenters. The zero-order valence-electron chi connectivity index (χ0n) is 19.8. The van der Waals surface area contributed by atoms with Gasteiger partial charge in [-0.25, -0.2) is 0 Å². The summed E-state index contributed by atoms with van der Waals surface area (Å²) in [6, 6.07) is 18.7. The Morgan fingerprint density at radius 1 is 1.09 bits per heavy atom. The van der Waals surface area contributed by atoms with Crippen molar-refractivity contribution in [1.82, 2.24) is 10.3 Å². The maximum absolute atomic E-state index is 12.0. The lowest BCUT2D eigenvalue weighted by molar-refractivity contribution is -0.139. The Labute approximate surface area is 209 Å². The molecule has 0 aliphatic rings. The highest BCUT2D eigenvalue weighted by molar-refractivity contribution is 6.32. The fourth-order valence-corrected chi connectivity index (χ4v) is 4.34. The molecule has 3 aromatic carbocycles. The van der Waals surface area contributed by atoms with E-state index >= 15 is 0 Å². The summed E-state index contributed by atoms with van der Waals surface area (Å²) in [5.74, 6) is 0.104. The van der Waals surface area contributed by atoms with Gasteiger partial charge in [0.05, 0.1) is 11.6 Å². The average Bonchev–Trinajstić information content (AvgIpc) is 3.25. The van der Waals surface area contributed by atoms with Gasteiger partial charge in [-0.2, -0.15) is 0 Å². The highest BCUT2D eigenvalue weighted by Crippen LogP contribution is 2.37. The number of fused-ring (bicyclic) bond motifs is 1. The molecule has 1 atom stereocenters. The summed E-state index contributed by atoms with van der Waals surface area (Å²) >= 11 is 6.58. The predicted molar refractivity (Wildman–Crippen MR) is 138 cm³/mol. The molecule has 0 saturated heterocycles. The number of hydrogen-bond donors (Lipinski definition) is 3. The van der Waals surface area contributed by atoms with Gasteiger partial charge in [0, 0.05) is 30.1 Å². The van der Waals surface area contributed by atoms with E-state index in [1.54, 1.807) is 6.07 Å². The third kappa shape index (κ3) is 5.96. The molecule has 0 saturated carbocycles. The van der Waals surface area contributed by atoms with Crippen LogP contribution in [0.2, 0.25) is 5.02 Å². The van der Waals surface area contributed by atoms with Gasteiger partial charge < -0.3 is 24.9 Å². The van der Waals surface area contributed by atoms with Gasteiger partial charge in [0.1, 0.15) is 12.6 Å². The monoisotopic (exact) mass is 492 g/mol. The number of ether oxygens (including phenoxy) is 2. The Hall–Kier alpha value is -3.48. The summed E-state index contributed by atoms with van der Waals surface area (Å²) in [6.45, 7) is 5.07. The molecule has 6 nitrogen and oxygen atoms in total. The molecule has 0 amide bonds. The second-order valence-corrected chi connectivity index (χ2v) is 8.80. The predicted octanol–water partition coefficient (Wildman–Crippen LogP) is 5.89. The molecule has 0 aliphatic carbocycles. The maximum Gasteiger partial charge on any atom is 0.321 e. The van der Waals surface area contributed by atoms with Crippen molar-refractivity contribution in [2.24, 2.45) is 0 Å². The Morgan fingerprint density at radius 3 is 2.63 bits per heavy atom. The second kappa shape index (κ2) is 11.3. The van der Waals surface area contributed by atoms with Crippen LogP contribution in [0.25, 0.3) is 10.9 Å². The van der Waals surface area contributed by atoms with Gasteiger partial charge in [-0.15, -0.1) is 0 Å². The maximum atomic E-state index is 12.0. The number of H-pyrrole nitrogens is 1. The highest BCUT2D eigenvalue weighted by Gasteiger charge is 2.20. The number of para-hydroxylation sites is 1. The van der Waals surface area contributed by atoms with Crippen molar-refractivity contribution in [3.8, 4) is 11.5 Å². The van der Waals surface area contributed by atoms with Gasteiger partial charge in [0.25, 0.3) is 0 Å². The van der Waals surface area contributed by atoms with Crippen LogP contribution in [0, 0.1) is 6.92 Å². The van der Waals surface area contributed by atoms with Gasteiger partial charge in [-0.05, 0) is 54.3 Å². The number of rotatable bonds is 11. The molecule has 4 rings (SSSR count). The van der Waals surface area contributed by atoms with Crippen LogP contribution in [-0.2, 0) is 24.4 Å². The largest absolute Gasteiger partial charge is 0.490 e. The average molecular weight is 493 g/mol. The molecule has 7 heteroatoms. The highest BCUT2D eigenvalue weighted by atomic mass is 35.5. The van der Waals surface area contributed by atoms with Crippen LogP contribution in [0.15, 0.2) is 66.9 Å². The Morgan fingerprint density at radius 2 is 1.86 bits per heavy atom. The molecular weight excluding hydrogens is 464 g/mol. The second-order valence-electron chi connectivity index (χ2n) is 8.39. The van der Waals surface area contributed by atoms with Gasteiger partial charge in [0.2, 0.25) is 0 Å². The first-order chi connectivity index (χ1) is 17.0. The van der Waals surface area contributed by atoms with Crippen LogP contribution >= 0.6 is 11.6 Å². The third-order valence-corrected chi connectivity index (χ3v) is 6.23. The Kier molecular flexibility index (Phi) is 7.95. The van der Waals surface area contributed by atoms with Gasteiger partial charge in [-0.3, -0.25) is 4.79 Å². The lowest BCUT2D eigenvalue weighted by atomic mass is 10.0. The van der Waals surface area contributed by atoms with E-state index in [1.165, 1.54) is 0 Å². The van der Waals surface area contributed by atoms with Crippen LogP contribution in [-0.4, -0.2) is 28.7 Å². The topological polar surface area (TPSA) is 83.6 Å². The lowest BCUT2D eigenvalue weighted by Crippen LogP contribution is -2.38. The smallest absolute Gasteiger partial charge is 0.321 e. The zero-order chi connectivity index (χ0) is 24.8. The van der Waals surface area contributed by atoms with E-state index in [1.807, 2.05) is 74.6 Å². The van der Waals surface area contributed by atoms with Gasteiger partial charge in [-0.1, -0.05) is 54.1 Å². The summed E-state index contributed by atoms with van der Waals surface area (Å²) < 4.78 is 11.8. The number of carbonyl (C=O) groups is 1. The Bertz CT molecular complexity index is 1320. The number of aromatic nitrogens is 1. The molecule has 1 heterocycles. The number of carboxylic acids is 1. The molecule has 4 aromatic rings. The molecule has 0 aliphatic heterocycles. The van der Waals surface area contributed by atoms with Gasteiger partial charge >= 0.3 is 5.97 Å². The number of carboxylic acid groups (broad SMARTS) is 1. The first-order valence-electron chi connectivity index (χ1n) is 11.6. The quantitative estimate of drug-likeness (QED) is 0.243. The first-order valence-corrected chi connectivity index (χ1v) is 12.0. The molecule has 3 N–H and O–H groups in total. The van der Waals surface area contributed by atoms with Crippen molar-refractivity contribution in [2.75, 3.05) is 6.61 Å². The van der Waals surface area contributed by atoms with Crippen molar-refractivity contribution in [2.45, 2.75) is 39.5 Å². The summed E-state index contributed by atoms with van der Waals surface area (Å²) in [5.41, 5.74) is 4.96. The van der Waals surface area contributed by atoms with E-state index in [4.69, 9.17) is 21.1 Å².